The second-order valence-electron chi connectivity index (χ2n) is 4.88. The van der Waals surface area contributed by atoms with E-state index in [1.54, 1.807) is 6.92 Å². The van der Waals surface area contributed by atoms with Gasteiger partial charge < -0.3 is 5.11 Å². The number of phenolic OH excluding ortho intramolecular Hbond substituents is 1. The fraction of sp³-hybridized carbons (Fsp3) is 0.143. The Kier molecular flexibility index (Phi) is 4.74. The fourth-order valence-corrected chi connectivity index (χ4v) is 2.26. The lowest BCUT2D eigenvalue weighted by Gasteiger charge is -2.04. The van der Waals surface area contributed by atoms with E-state index in [1.165, 1.54) is 25.1 Å². The topological polar surface area (TPSA) is 131 Å². The summed E-state index contributed by atoms with van der Waals surface area (Å²) in [5, 5.41) is 39.1. The number of hydrogen-bond donors (Lipinski definition) is 1. The molecule has 0 saturated heterocycles. The third-order valence-electron chi connectivity index (χ3n) is 3.28. The van der Waals surface area contributed by atoms with Crippen LogP contribution in [0.15, 0.2) is 34.5 Å². The van der Waals surface area contributed by atoms with Crippen LogP contribution in [0.25, 0.3) is 0 Å². The van der Waals surface area contributed by atoms with Crippen molar-refractivity contribution in [3.63, 3.8) is 0 Å². The SMILES string of the molecule is Cc1cc(N=Nc2c(Cl)cc([N+](=O)[O-])c(C)c2[N+](=O)[O-])ccc1O. The van der Waals surface area contributed by atoms with Gasteiger partial charge in [-0.15, -0.1) is 5.11 Å². The molecule has 2 aromatic carbocycles. The van der Waals surface area contributed by atoms with Crippen molar-refractivity contribution >= 4 is 34.4 Å². The molecule has 2 aromatic rings. The van der Waals surface area contributed by atoms with Crippen LogP contribution in [0.3, 0.4) is 0 Å². The number of nitro benzene ring substituents is 2. The van der Waals surface area contributed by atoms with Gasteiger partial charge in [-0.25, -0.2) is 0 Å². The normalized spacial score (nSPS) is 11.0. The fourth-order valence-electron chi connectivity index (χ4n) is 2.03. The predicted octanol–water partition coefficient (Wildman–Crippen LogP) is 4.89. The lowest BCUT2D eigenvalue weighted by molar-refractivity contribution is -0.394. The molecule has 2 rings (SSSR count). The van der Waals surface area contributed by atoms with E-state index >= 15 is 0 Å². The number of aryl methyl sites for hydroxylation is 1. The molecule has 0 saturated carbocycles. The van der Waals surface area contributed by atoms with Crippen LogP contribution in [0, 0.1) is 34.1 Å². The molecule has 1 N–H and O–H groups in total. The van der Waals surface area contributed by atoms with Gasteiger partial charge in [-0.1, -0.05) is 11.6 Å². The Morgan fingerprint density at radius 2 is 1.75 bits per heavy atom. The summed E-state index contributed by atoms with van der Waals surface area (Å²) in [7, 11) is 0. The number of phenols is 1. The van der Waals surface area contributed by atoms with Crippen molar-refractivity contribution in [2.45, 2.75) is 13.8 Å². The molecule has 0 aliphatic carbocycles. The molecule has 0 bridgehead atoms. The van der Waals surface area contributed by atoms with E-state index in [-0.39, 0.29) is 22.0 Å². The van der Waals surface area contributed by atoms with Gasteiger partial charge in [-0.05, 0) is 37.6 Å². The van der Waals surface area contributed by atoms with Gasteiger partial charge in [0, 0.05) is 6.07 Å². The highest BCUT2D eigenvalue weighted by Gasteiger charge is 2.29. The summed E-state index contributed by atoms with van der Waals surface area (Å²) < 4.78 is 0. The summed E-state index contributed by atoms with van der Waals surface area (Å²) in [6, 6.07) is 5.39. The number of nitrogens with zero attached hydrogens (tertiary/aromatic N) is 4. The number of benzene rings is 2. The van der Waals surface area contributed by atoms with Gasteiger partial charge in [-0.2, -0.15) is 5.11 Å². The van der Waals surface area contributed by atoms with Crippen molar-refractivity contribution in [2.24, 2.45) is 10.2 Å². The van der Waals surface area contributed by atoms with Crippen LogP contribution in [-0.2, 0) is 0 Å². The van der Waals surface area contributed by atoms with Crippen LogP contribution >= 0.6 is 11.6 Å². The zero-order chi connectivity index (χ0) is 18.0. The van der Waals surface area contributed by atoms with Crippen molar-refractivity contribution in [1.82, 2.24) is 0 Å². The van der Waals surface area contributed by atoms with E-state index in [1.807, 2.05) is 0 Å². The molecule has 0 fully saturated rings. The van der Waals surface area contributed by atoms with Crippen LogP contribution in [0.1, 0.15) is 11.1 Å². The molecule has 0 unspecified atom stereocenters. The molecule has 0 atom stereocenters. The highest BCUT2D eigenvalue weighted by Crippen LogP contribution is 2.43. The largest absolute Gasteiger partial charge is 0.508 e. The minimum atomic E-state index is -0.787. The summed E-state index contributed by atoms with van der Waals surface area (Å²) in [6.07, 6.45) is 0. The van der Waals surface area contributed by atoms with Crippen molar-refractivity contribution in [3.8, 4) is 5.75 Å². The Balaban J connectivity index is 2.59. The molecule has 0 aliphatic heterocycles. The maximum absolute atomic E-state index is 11.3. The minimum Gasteiger partial charge on any atom is -0.508 e. The van der Waals surface area contributed by atoms with Gasteiger partial charge in [0.1, 0.15) is 11.3 Å². The Labute approximate surface area is 140 Å². The lowest BCUT2D eigenvalue weighted by atomic mass is 10.1. The molecule has 0 aliphatic rings. The number of halogens is 1. The van der Waals surface area contributed by atoms with E-state index < -0.39 is 21.2 Å². The Morgan fingerprint density at radius 1 is 1.08 bits per heavy atom. The van der Waals surface area contributed by atoms with Gasteiger partial charge in [0.05, 0.1) is 20.6 Å². The predicted molar refractivity (Wildman–Crippen MR) is 86.5 cm³/mol. The lowest BCUT2D eigenvalue weighted by Crippen LogP contribution is -1.98. The van der Waals surface area contributed by atoms with E-state index in [0.29, 0.717) is 11.3 Å². The number of hydrogen-bond acceptors (Lipinski definition) is 7. The summed E-state index contributed by atoms with van der Waals surface area (Å²) in [4.78, 5) is 20.7. The van der Waals surface area contributed by atoms with Gasteiger partial charge in [0.25, 0.3) is 5.69 Å². The van der Waals surface area contributed by atoms with Crippen molar-refractivity contribution in [3.05, 3.63) is 60.6 Å². The highest BCUT2D eigenvalue weighted by atomic mass is 35.5. The van der Waals surface area contributed by atoms with Gasteiger partial charge in [0.15, 0.2) is 5.69 Å². The van der Waals surface area contributed by atoms with Crippen LogP contribution in [-0.4, -0.2) is 15.0 Å². The van der Waals surface area contributed by atoms with Crippen molar-refractivity contribution in [1.29, 1.82) is 0 Å². The monoisotopic (exact) mass is 350 g/mol. The first-order valence-corrected chi connectivity index (χ1v) is 6.93. The Hall–Kier alpha value is -3.07. The summed E-state index contributed by atoms with van der Waals surface area (Å²) >= 11 is 5.91. The molecule has 0 aromatic heterocycles. The molecule has 24 heavy (non-hydrogen) atoms. The minimum absolute atomic E-state index is 0.0733. The quantitative estimate of drug-likeness (QED) is 0.476. The van der Waals surface area contributed by atoms with Gasteiger partial charge >= 0.3 is 5.69 Å². The van der Waals surface area contributed by atoms with Crippen LogP contribution in [0.4, 0.5) is 22.7 Å². The highest BCUT2D eigenvalue weighted by molar-refractivity contribution is 6.33. The van der Waals surface area contributed by atoms with E-state index in [9.17, 15) is 25.3 Å². The molecule has 0 radical (unpaired) electrons. The first-order chi connectivity index (χ1) is 11.2. The van der Waals surface area contributed by atoms with E-state index in [0.717, 1.165) is 6.07 Å². The zero-order valence-corrected chi connectivity index (χ0v) is 13.3. The van der Waals surface area contributed by atoms with Crippen LogP contribution in [0.5, 0.6) is 5.75 Å². The second kappa shape index (κ2) is 6.59. The molecular weight excluding hydrogens is 340 g/mol. The molecule has 0 amide bonds. The molecule has 10 heteroatoms. The first kappa shape index (κ1) is 17.3. The molecule has 0 heterocycles. The number of aromatic hydroxyl groups is 1. The average Bonchev–Trinajstić information content (AvgIpc) is 2.50. The van der Waals surface area contributed by atoms with Crippen molar-refractivity contribution < 1.29 is 15.0 Å². The third kappa shape index (κ3) is 3.30. The number of nitro groups is 2. The van der Waals surface area contributed by atoms with Crippen LogP contribution < -0.4 is 0 Å². The van der Waals surface area contributed by atoms with E-state index in [4.69, 9.17) is 11.6 Å². The van der Waals surface area contributed by atoms with Crippen molar-refractivity contribution in [2.75, 3.05) is 0 Å². The Morgan fingerprint density at radius 3 is 2.29 bits per heavy atom. The molecule has 0 spiro atoms. The smallest absolute Gasteiger partial charge is 0.308 e. The summed E-state index contributed by atoms with van der Waals surface area (Å²) in [5.41, 5.74) is -0.584. The number of rotatable bonds is 4. The third-order valence-corrected chi connectivity index (χ3v) is 3.57. The standard InChI is InChI=1S/C14H11ClN4O5/c1-7-5-9(3-4-12(7)20)16-17-13-10(15)6-11(18(21)22)8(2)14(13)19(23)24/h3-6,20H,1-2H3. The Bertz CT molecular complexity index is 882. The molecule has 124 valence electrons. The first-order valence-electron chi connectivity index (χ1n) is 6.55. The van der Waals surface area contributed by atoms with Crippen LogP contribution in [0.2, 0.25) is 5.02 Å². The van der Waals surface area contributed by atoms with Gasteiger partial charge in [-0.3, -0.25) is 20.2 Å². The number of azo groups is 1. The average molecular weight is 351 g/mol. The van der Waals surface area contributed by atoms with E-state index in [2.05, 4.69) is 10.2 Å². The summed E-state index contributed by atoms with van der Waals surface area (Å²) in [5.74, 6) is 0.0733. The zero-order valence-electron chi connectivity index (χ0n) is 12.6. The second-order valence-corrected chi connectivity index (χ2v) is 5.29. The molecule has 9 nitrogen and oxygen atoms in total. The molecular formula is C14H11ClN4O5. The maximum atomic E-state index is 11.3. The van der Waals surface area contributed by atoms with Gasteiger partial charge in [0.2, 0.25) is 0 Å². The maximum Gasteiger partial charge on any atom is 0.308 e. The summed E-state index contributed by atoms with van der Waals surface area (Å²) in [6.45, 7) is 2.90.